The number of thioether (sulfide) groups is 1. The van der Waals surface area contributed by atoms with Crippen molar-refractivity contribution in [2.75, 3.05) is 19.0 Å². The van der Waals surface area contributed by atoms with Gasteiger partial charge in [0.25, 0.3) is 0 Å². The molecular weight excluding hydrogens is 348 g/mol. The van der Waals surface area contributed by atoms with Gasteiger partial charge in [-0.25, -0.2) is 5.43 Å². The van der Waals surface area contributed by atoms with Crippen LogP contribution in [-0.2, 0) is 4.79 Å². The maximum Gasteiger partial charge on any atom is 0.250 e. The number of amides is 1. The van der Waals surface area contributed by atoms with Crippen LogP contribution in [0, 0.1) is 6.92 Å². The fraction of sp³-hybridized carbons (Fsp3) is 0.300. The van der Waals surface area contributed by atoms with Gasteiger partial charge in [-0.2, -0.15) is 5.10 Å². The number of benzene rings is 2. The second-order valence-electron chi connectivity index (χ2n) is 5.47. The zero-order valence-electron chi connectivity index (χ0n) is 15.3. The standard InChI is InChI=1S/C20H24N2O3S/c1-4-24-18-11-8-16(12-19(18)25-5-2)13-21-22-20(23)14-26-17-9-6-15(3)7-10-17/h6-13H,4-5,14H2,1-3H3,(H,22,23)/b21-13+. The van der Waals surface area contributed by atoms with Gasteiger partial charge in [-0.1, -0.05) is 17.7 Å². The lowest BCUT2D eigenvalue weighted by Gasteiger charge is -2.11. The Labute approximate surface area is 158 Å². The van der Waals surface area contributed by atoms with E-state index in [1.54, 1.807) is 6.21 Å². The molecule has 0 heterocycles. The van der Waals surface area contributed by atoms with E-state index in [9.17, 15) is 4.79 Å². The van der Waals surface area contributed by atoms with E-state index in [-0.39, 0.29) is 5.91 Å². The predicted octanol–water partition coefficient (Wildman–Crippen LogP) is 4.03. The first kappa shape index (κ1) is 19.8. The van der Waals surface area contributed by atoms with Crippen molar-refractivity contribution in [3.8, 4) is 11.5 Å². The summed E-state index contributed by atoms with van der Waals surface area (Å²) in [4.78, 5) is 12.9. The van der Waals surface area contributed by atoms with E-state index in [0.29, 0.717) is 30.5 Å². The Morgan fingerprint density at radius 1 is 1.08 bits per heavy atom. The second kappa shape index (κ2) is 10.5. The molecule has 5 nitrogen and oxygen atoms in total. The summed E-state index contributed by atoms with van der Waals surface area (Å²) in [5.41, 5.74) is 4.56. The van der Waals surface area contributed by atoms with Crippen molar-refractivity contribution in [3.63, 3.8) is 0 Å². The van der Waals surface area contributed by atoms with Gasteiger partial charge in [-0.05, 0) is 56.7 Å². The number of nitrogens with one attached hydrogen (secondary N) is 1. The first-order valence-electron chi connectivity index (χ1n) is 8.53. The molecule has 0 saturated carbocycles. The topological polar surface area (TPSA) is 59.9 Å². The van der Waals surface area contributed by atoms with Gasteiger partial charge >= 0.3 is 0 Å². The molecule has 26 heavy (non-hydrogen) atoms. The molecule has 2 aromatic rings. The van der Waals surface area contributed by atoms with E-state index in [4.69, 9.17) is 9.47 Å². The van der Waals surface area contributed by atoms with Crippen LogP contribution in [0.3, 0.4) is 0 Å². The summed E-state index contributed by atoms with van der Waals surface area (Å²) in [7, 11) is 0. The number of carbonyl (C=O) groups excluding carboxylic acids is 1. The van der Waals surface area contributed by atoms with Crippen molar-refractivity contribution in [2.24, 2.45) is 5.10 Å². The molecule has 2 aromatic carbocycles. The zero-order chi connectivity index (χ0) is 18.8. The Kier molecular flexibility index (Phi) is 8.02. The number of rotatable bonds is 9. The minimum Gasteiger partial charge on any atom is -0.490 e. The van der Waals surface area contributed by atoms with Crippen LogP contribution in [0.25, 0.3) is 0 Å². The monoisotopic (exact) mass is 372 g/mol. The molecule has 6 heteroatoms. The minimum atomic E-state index is -0.150. The minimum absolute atomic E-state index is 0.150. The maximum absolute atomic E-state index is 11.9. The van der Waals surface area contributed by atoms with Crippen LogP contribution in [-0.4, -0.2) is 31.1 Å². The van der Waals surface area contributed by atoms with E-state index in [1.165, 1.54) is 17.3 Å². The summed E-state index contributed by atoms with van der Waals surface area (Å²) < 4.78 is 11.1. The molecular formula is C20H24N2O3S. The lowest BCUT2D eigenvalue weighted by atomic mass is 10.2. The van der Waals surface area contributed by atoms with E-state index < -0.39 is 0 Å². The number of nitrogens with zero attached hydrogens (tertiary/aromatic N) is 1. The van der Waals surface area contributed by atoms with Crippen LogP contribution in [0.2, 0.25) is 0 Å². The van der Waals surface area contributed by atoms with E-state index in [0.717, 1.165) is 10.5 Å². The fourth-order valence-corrected chi connectivity index (χ4v) is 2.83. The molecule has 2 rings (SSSR count). The smallest absolute Gasteiger partial charge is 0.250 e. The Hall–Kier alpha value is -2.47. The first-order chi connectivity index (χ1) is 12.6. The molecule has 0 saturated heterocycles. The second-order valence-corrected chi connectivity index (χ2v) is 6.52. The van der Waals surface area contributed by atoms with E-state index in [2.05, 4.69) is 10.5 Å². The average molecular weight is 372 g/mol. The van der Waals surface area contributed by atoms with Crippen LogP contribution >= 0.6 is 11.8 Å². The van der Waals surface area contributed by atoms with Crippen molar-refractivity contribution in [3.05, 3.63) is 53.6 Å². The summed E-state index contributed by atoms with van der Waals surface area (Å²) in [6, 6.07) is 13.6. The Morgan fingerprint density at radius 2 is 1.77 bits per heavy atom. The van der Waals surface area contributed by atoms with Crippen LogP contribution in [0.1, 0.15) is 25.0 Å². The van der Waals surface area contributed by atoms with Crippen LogP contribution in [0.5, 0.6) is 11.5 Å². The SMILES string of the molecule is CCOc1ccc(/C=N/NC(=O)CSc2ccc(C)cc2)cc1OCC. The first-order valence-corrected chi connectivity index (χ1v) is 9.52. The summed E-state index contributed by atoms with van der Waals surface area (Å²) in [6.07, 6.45) is 1.59. The number of aryl methyl sites for hydroxylation is 1. The van der Waals surface area contributed by atoms with Crippen LogP contribution < -0.4 is 14.9 Å². The van der Waals surface area contributed by atoms with Gasteiger partial charge in [0.15, 0.2) is 11.5 Å². The van der Waals surface area contributed by atoms with Crippen molar-refractivity contribution in [2.45, 2.75) is 25.7 Å². The molecule has 0 aliphatic rings. The summed E-state index contributed by atoms with van der Waals surface area (Å²) in [5, 5.41) is 4.01. The van der Waals surface area contributed by atoms with Crippen molar-refractivity contribution >= 4 is 23.9 Å². The number of hydrogen-bond donors (Lipinski definition) is 1. The molecule has 0 aliphatic carbocycles. The van der Waals surface area contributed by atoms with Gasteiger partial charge in [0, 0.05) is 4.90 Å². The van der Waals surface area contributed by atoms with Crippen molar-refractivity contribution in [1.82, 2.24) is 5.43 Å². The molecule has 0 spiro atoms. The molecule has 0 radical (unpaired) electrons. The lowest BCUT2D eigenvalue weighted by molar-refractivity contribution is -0.118. The highest BCUT2D eigenvalue weighted by atomic mass is 32.2. The highest BCUT2D eigenvalue weighted by Gasteiger charge is 2.05. The van der Waals surface area contributed by atoms with Gasteiger partial charge < -0.3 is 9.47 Å². The Morgan fingerprint density at radius 3 is 2.46 bits per heavy atom. The number of hydrazone groups is 1. The van der Waals surface area contributed by atoms with Crippen molar-refractivity contribution < 1.29 is 14.3 Å². The molecule has 0 fully saturated rings. The maximum atomic E-state index is 11.9. The Balaban J connectivity index is 1.87. The number of ether oxygens (including phenoxy) is 2. The van der Waals surface area contributed by atoms with Gasteiger partial charge in [-0.15, -0.1) is 11.8 Å². The van der Waals surface area contributed by atoms with E-state index in [1.807, 2.05) is 63.2 Å². The highest BCUT2D eigenvalue weighted by Crippen LogP contribution is 2.28. The molecule has 0 aromatic heterocycles. The molecule has 138 valence electrons. The third kappa shape index (κ3) is 6.44. The van der Waals surface area contributed by atoms with Gasteiger partial charge in [0.2, 0.25) is 5.91 Å². The summed E-state index contributed by atoms with van der Waals surface area (Å²) in [5.74, 6) is 1.53. The summed E-state index contributed by atoms with van der Waals surface area (Å²) in [6.45, 7) is 7.00. The van der Waals surface area contributed by atoms with Gasteiger partial charge in [0.05, 0.1) is 25.2 Å². The molecule has 0 unspecified atom stereocenters. The van der Waals surface area contributed by atoms with Crippen molar-refractivity contribution in [1.29, 1.82) is 0 Å². The highest BCUT2D eigenvalue weighted by molar-refractivity contribution is 8.00. The van der Waals surface area contributed by atoms with Crippen LogP contribution in [0.15, 0.2) is 52.5 Å². The molecule has 0 aliphatic heterocycles. The lowest BCUT2D eigenvalue weighted by Crippen LogP contribution is -2.19. The number of hydrogen-bond acceptors (Lipinski definition) is 5. The van der Waals surface area contributed by atoms with Gasteiger partial charge in [0.1, 0.15) is 0 Å². The third-order valence-electron chi connectivity index (χ3n) is 3.36. The average Bonchev–Trinajstić information content (AvgIpc) is 2.64. The molecule has 1 amide bonds. The third-order valence-corrected chi connectivity index (χ3v) is 4.37. The quantitative estimate of drug-likeness (QED) is 0.410. The largest absolute Gasteiger partial charge is 0.490 e. The molecule has 1 N–H and O–H groups in total. The van der Waals surface area contributed by atoms with Crippen LogP contribution in [0.4, 0.5) is 0 Å². The Bertz CT molecular complexity index is 745. The molecule has 0 atom stereocenters. The molecule has 0 bridgehead atoms. The predicted molar refractivity (Wildman–Crippen MR) is 106 cm³/mol. The van der Waals surface area contributed by atoms with Gasteiger partial charge in [-0.3, -0.25) is 4.79 Å². The summed E-state index contributed by atoms with van der Waals surface area (Å²) >= 11 is 1.48. The zero-order valence-corrected chi connectivity index (χ0v) is 16.1. The normalized spacial score (nSPS) is 10.7. The fourth-order valence-electron chi connectivity index (χ4n) is 2.14. The van der Waals surface area contributed by atoms with E-state index >= 15 is 0 Å². The number of carbonyl (C=O) groups is 1.